The summed E-state index contributed by atoms with van der Waals surface area (Å²) in [5, 5.41) is 15.1. The Kier molecular flexibility index (Phi) is 7.27. The van der Waals surface area contributed by atoms with Crippen LogP contribution < -0.4 is 15.4 Å². The Morgan fingerprint density at radius 1 is 1.30 bits per heavy atom. The second-order valence-electron chi connectivity index (χ2n) is 5.34. The van der Waals surface area contributed by atoms with E-state index in [-0.39, 0.29) is 24.1 Å². The van der Waals surface area contributed by atoms with Crippen molar-refractivity contribution in [1.29, 1.82) is 0 Å². The average Bonchev–Trinajstić information content (AvgIpc) is 2.87. The molecule has 0 aromatic heterocycles. The summed E-state index contributed by atoms with van der Waals surface area (Å²) in [5.41, 5.74) is 1.03. The summed E-state index contributed by atoms with van der Waals surface area (Å²) in [7, 11) is -3.31. The van der Waals surface area contributed by atoms with Crippen molar-refractivity contribution in [1.82, 2.24) is 5.32 Å². The quantitative estimate of drug-likeness (QED) is 0.601. The van der Waals surface area contributed by atoms with Gasteiger partial charge in [0.05, 0.1) is 17.9 Å². The van der Waals surface area contributed by atoms with Crippen LogP contribution in [0.4, 0.5) is 11.4 Å². The predicted molar refractivity (Wildman–Crippen MR) is 92.4 cm³/mol. The molecule has 7 nitrogen and oxygen atoms in total. The third kappa shape index (κ3) is 5.98. The smallest absolute Gasteiger partial charge is 0.241 e. The van der Waals surface area contributed by atoms with Crippen LogP contribution in [-0.2, 0) is 14.8 Å². The van der Waals surface area contributed by atoms with Gasteiger partial charge in [-0.1, -0.05) is 6.92 Å². The molecular weight excluding hydrogens is 342 g/mol. The van der Waals surface area contributed by atoms with Crippen molar-refractivity contribution >= 4 is 39.7 Å². The molecule has 2 atom stereocenters. The van der Waals surface area contributed by atoms with Crippen LogP contribution in [0.25, 0.3) is 0 Å². The number of β-amino-alcohol motifs (C(OH)–C–C–N with tert-alkyl or cyclic N) is 1. The molecule has 0 saturated carbocycles. The summed E-state index contributed by atoms with van der Waals surface area (Å²) >= 11 is 0. The van der Waals surface area contributed by atoms with Gasteiger partial charge in [0.1, 0.15) is 0 Å². The third-order valence-electron chi connectivity index (χ3n) is 3.32. The van der Waals surface area contributed by atoms with Crippen molar-refractivity contribution in [2.75, 3.05) is 22.3 Å². The highest BCUT2D eigenvalue weighted by Gasteiger charge is 2.27. The first kappa shape index (κ1) is 19.7. The fourth-order valence-electron chi connectivity index (χ4n) is 2.27. The maximum atomic E-state index is 12.0. The van der Waals surface area contributed by atoms with E-state index in [1.165, 1.54) is 0 Å². The molecule has 1 saturated heterocycles. The fraction of sp³-hybridized carbons (Fsp3) is 0.500. The van der Waals surface area contributed by atoms with Gasteiger partial charge in [0, 0.05) is 17.9 Å². The summed E-state index contributed by atoms with van der Waals surface area (Å²) < 4.78 is 25.8. The number of aliphatic hydroxyl groups excluding tert-OH is 1. The predicted octanol–water partition coefficient (Wildman–Crippen LogP) is 0.921. The van der Waals surface area contributed by atoms with Crippen molar-refractivity contribution < 1.29 is 18.3 Å². The molecule has 0 aliphatic carbocycles. The van der Waals surface area contributed by atoms with Crippen molar-refractivity contribution in [2.45, 2.75) is 31.9 Å². The van der Waals surface area contributed by atoms with Crippen LogP contribution in [-0.4, -0.2) is 43.9 Å². The van der Waals surface area contributed by atoms with Gasteiger partial charge in [-0.25, -0.2) is 8.42 Å². The molecule has 0 bridgehead atoms. The Bertz CT molecular complexity index is 621. The number of anilines is 2. The summed E-state index contributed by atoms with van der Waals surface area (Å²) in [6.07, 6.45) is 0.441. The lowest BCUT2D eigenvalue weighted by atomic mass is 10.2. The van der Waals surface area contributed by atoms with Crippen molar-refractivity contribution in [3.8, 4) is 0 Å². The molecule has 1 aliphatic rings. The number of carbonyl (C=O) groups excluding carboxylic acids is 1. The molecule has 9 heteroatoms. The molecule has 2 rings (SSSR count). The lowest BCUT2D eigenvalue weighted by Gasteiger charge is -2.12. The summed E-state index contributed by atoms with van der Waals surface area (Å²) in [5.74, 6) is -0.142. The number of benzene rings is 1. The summed E-state index contributed by atoms with van der Waals surface area (Å²) in [4.78, 5) is 12.0. The Labute approximate surface area is 142 Å². The number of rotatable bonds is 6. The minimum atomic E-state index is -3.31. The van der Waals surface area contributed by atoms with E-state index in [1.54, 1.807) is 31.2 Å². The van der Waals surface area contributed by atoms with Gasteiger partial charge >= 0.3 is 0 Å². The van der Waals surface area contributed by atoms with Gasteiger partial charge in [-0.15, -0.1) is 12.4 Å². The van der Waals surface area contributed by atoms with Crippen LogP contribution in [0.15, 0.2) is 24.3 Å². The van der Waals surface area contributed by atoms with E-state index in [1.807, 2.05) is 0 Å². The summed E-state index contributed by atoms with van der Waals surface area (Å²) in [6, 6.07) is 6.05. The van der Waals surface area contributed by atoms with E-state index in [2.05, 4.69) is 15.4 Å². The van der Waals surface area contributed by atoms with Gasteiger partial charge in [0.2, 0.25) is 15.9 Å². The topological polar surface area (TPSA) is 108 Å². The van der Waals surface area contributed by atoms with Gasteiger partial charge < -0.3 is 15.7 Å². The first-order valence-corrected chi connectivity index (χ1v) is 8.87. The van der Waals surface area contributed by atoms with E-state index in [0.717, 1.165) is 0 Å². The van der Waals surface area contributed by atoms with Gasteiger partial charge in [0.15, 0.2) is 0 Å². The monoisotopic (exact) mass is 363 g/mol. The number of carbonyl (C=O) groups is 1. The molecule has 1 heterocycles. The first-order chi connectivity index (χ1) is 10.4. The molecule has 23 heavy (non-hydrogen) atoms. The van der Waals surface area contributed by atoms with E-state index in [4.69, 9.17) is 0 Å². The zero-order chi connectivity index (χ0) is 16.2. The van der Waals surface area contributed by atoms with Crippen molar-refractivity contribution in [3.63, 3.8) is 0 Å². The largest absolute Gasteiger partial charge is 0.392 e. The third-order valence-corrected chi connectivity index (χ3v) is 4.82. The highest BCUT2D eigenvalue weighted by Crippen LogP contribution is 2.16. The summed E-state index contributed by atoms with van der Waals surface area (Å²) in [6.45, 7) is 2.21. The number of hydrogen-bond donors (Lipinski definition) is 4. The van der Waals surface area contributed by atoms with Gasteiger partial charge in [-0.3, -0.25) is 9.52 Å². The van der Waals surface area contributed by atoms with Gasteiger partial charge in [0.25, 0.3) is 0 Å². The van der Waals surface area contributed by atoms with E-state index < -0.39 is 22.2 Å². The molecule has 1 fully saturated rings. The van der Waals surface area contributed by atoms with E-state index in [9.17, 15) is 18.3 Å². The second kappa shape index (κ2) is 8.49. The van der Waals surface area contributed by atoms with Crippen LogP contribution >= 0.6 is 12.4 Å². The van der Waals surface area contributed by atoms with E-state index in [0.29, 0.717) is 30.8 Å². The van der Waals surface area contributed by atoms with Crippen molar-refractivity contribution in [2.24, 2.45) is 0 Å². The lowest BCUT2D eigenvalue weighted by molar-refractivity contribution is -0.117. The van der Waals surface area contributed by atoms with Gasteiger partial charge in [-0.05, 0) is 37.1 Å². The highest BCUT2D eigenvalue weighted by atomic mass is 35.5. The zero-order valence-corrected chi connectivity index (χ0v) is 14.4. The van der Waals surface area contributed by atoms with Crippen LogP contribution in [0.1, 0.15) is 19.8 Å². The molecule has 1 aromatic rings. The molecule has 4 N–H and O–H groups in total. The molecule has 1 aliphatic heterocycles. The Hall–Kier alpha value is -1.35. The van der Waals surface area contributed by atoms with Crippen LogP contribution in [0.5, 0.6) is 0 Å². The molecule has 1 aromatic carbocycles. The van der Waals surface area contributed by atoms with Crippen molar-refractivity contribution in [3.05, 3.63) is 24.3 Å². The molecule has 2 unspecified atom stereocenters. The second-order valence-corrected chi connectivity index (χ2v) is 7.18. The molecular formula is C14H22ClN3O4S. The maximum absolute atomic E-state index is 12.0. The lowest BCUT2D eigenvalue weighted by Crippen LogP contribution is -2.35. The van der Waals surface area contributed by atoms with Crippen LogP contribution in [0, 0.1) is 0 Å². The number of nitrogens with one attached hydrogen (secondary N) is 3. The average molecular weight is 364 g/mol. The molecule has 0 spiro atoms. The van der Waals surface area contributed by atoms with Gasteiger partial charge in [-0.2, -0.15) is 0 Å². The van der Waals surface area contributed by atoms with Crippen LogP contribution in [0.3, 0.4) is 0 Å². The molecule has 130 valence electrons. The van der Waals surface area contributed by atoms with E-state index >= 15 is 0 Å². The SMILES string of the molecule is CCCS(=O)(=O)Nc1ccc(NC(=O)C2CC(O)CN2)cc1.Cl. The Balaban J connectivity index is 0.00000264. The highest BCUT2D eigenvalue weighted by molar-refractivity contribution is 7.92. The Morgan fingerprint density at radius 3 is 2.43 bits per heavy atom. The number of amides is 1. The number of aliphatic hydroxyl groups is 1. The minimum absolute atomic E-state index is 0. The standard InChI is InChI=1S/C14H21N3O4S.ClH/c1-2-7-22(20,21)17-11-5-3-10(4-6-11)16-14(19)13-8-12(18)9-15-13;/h3-6,12-13,15,17-18H,2,7-9H2,1H3,(H,16,19);1H. The maximum Gasteiger partial charge on any atom is 0.241 e. The first-order valence-electron chi connectivity index (χ1n) is 7.22. The number of halogens is 1. The number of sulfonamides is 1. The Morgan fingerprint density at radius 2 is 1.91 bits per heavy atom. The van der Waals surface area contributed by atoms with Crippen LogP contribution in [0.2, 0.25) is 0 Å². The molecule has 1 amide bonds. The number of hydrogen-bond acceptors (Lipinski definition) is 5. The molecule has 0 radical (unpaired) electrons. The normalized spacial score (nSPS) is 20.6. The fourth-order valence-corrected chi connectivity index (χ4v) is 3.40. The zero-order valence-electron chi connectivity index (χ0n) is 12.8. The minimum Gasteiger partial charge on any atom is -0.392 e.